The summed E-state index contributed by atoms with van der Waals surface area (Å²) in [6, 6.07) is 2.00. The molecule has 18 heteroatoms. The van der Waals surface area contributed by atoms with Crippen LogP contribution >= 0.6 is 0 Å². The summed E-state index contributed by atoms with van der Waals surface area (Å²) in [4.78, 5) is 36.5. The molecule has 6 rings (SSSR count). The lowest BCUT2D eigenvalue weighted by Crippen LogP contribution is -2.42. The van der Waals surface area contributed by atoms with Gasteiger partial charge in [-0.1, -0.05) is 0 Å². The highest BCUT2D eigenvalue weighted by Gasteiger charge is 2.70. The number of hydrogen-bond donors (Lipinski definition) is 2. The Balaban J connectivity index is 1.21. The number of nitrogens with two attached hydrogens (primary N) is 1. The number of nitrogens with one attached hydrogen (secondary N) is 1. The SMILES string of the molecule is COc1ncc(-c2cc(CN3CCC4(CC3)CC4(F)F)c3c(N)ncnn23)cc1C(=O)N[C@@H]1CN(C(=O)OCC(F)(F)F)C[C@@H]1F. The zero-order valence-corrected chi connectivity index (χ0v) is 24.5. The van der Waals surface area contributed by atoms with Gasteiger partial charge in [0.15, 0.2) is 12.4 Å². The number of piperidine rings is 1. The summed E-state index contributed by atoms with van der Waals surface area (Å²) in [7, 11) is 1.28. The number of nitrogens with zero attached hydrogens (tertiary/aromatic N) is 6. The average molecular weight is 657 g/mol. The molecule has 0 bridgehead atoms. The van der Waals surface area contributed by atoms with Gasteiger partial charge in [-0.2, -0.15) is 18.3 Å². The minimum Gasteiger partial charge on any atom is -0.480 e. The van der Waals surface area contributed by atoms with E-state index < -0.39 is 61.4 Å². The van der Waals surface area contributed by atoms with Gasteiger partial charge in [0.2, 0.25) is 5.88 Å². The molecule has 3 aromatic heterocycles. The fourth-order valence-electron chi connectivity index (χ4n) is 6.22. The molecule has 5 heterocycles. The van der Waals surface area contributed by atoms with Crippen LogP contribution in [-0.4, -0.2) is 106 Å². The van der Waals surface area contributed by atoms with Gasteiger partial charge in [0.05, 0.1) is 25.4 Å². The topological polar surface area (TPSA) is 140 Å². The van der Waals surface area contributed by atoms with Gasteiger partial charge in [0.25, 0.3) is 11.8 Å². The highest BCUT2D eigenvalue weighted by atomic mass is 19.4. The first-order valence-corrected chi connectivity index (χ1v) is 14.4. The van der Waals surface area contributed by atoms with Crippen molar-refractivity contribution in [3.63, 3.8) is 0 Å². The first-order valence-electron chi connectivity index (χ1n) is 14.4. The summed E-state index contributed by atoms with van der Waals surface area (Å²) >= 11 is 0. The van der Waals surface area contributed by atoms with Crippen molar-refractivity contribution in [2.45, 2.75) is 50.1 Å². The molecular weight excluding hydrogens is 626 g/mol. The summed E-state index contributed by atoms with van der Waals surface area (Å²) in [6.45, 7) is -1.46. The monoisotopic (exact) mass is 656 g/mol. The number of halogens is 6. The summed E-state index contributed by atoms with van der Waals surface area (Å²) in [5, 5.41) is 6.79. The molecule has 2 atom stereocenters. The largest absolute Gasteiger partial charge is 0.480 e. The van der Waals surface area contributed by atoms with Crippen LogP contribution in [0.2, 0.25) is 0 Å². The van der Waals surface area contributed by atoms with Crippen LogP contribution in [0.15, 0.2) is 24.7 Å². The van der Waals surface area contributed by atoms with E-state index in [1.807, 2.05) is 0 Å². The number of fused-ring (bicyclic) bond motifs is 1. The first-order chi connectivity index (χ1) is 21.7. The minimum atomic E-state index is -4.75. The second kappa shape index (κ2) is 11.5. The predicted molar refractivity (Wildman–Crippen MR) is 149 cm³/mol. The Hall–Kier alpha value is -4.35. The number of rotatable bonds is 7. The molecule has 1 aliphatic carbocycles. The van der Waals surface area contributed by atoms with E-state index in [-0.39, 0.29) is 23.7 Å². The zero-order chi connectivity index (χ0) is 33.0. The number of carbonyl (C=O) groups excluding carboxylic acids is 2. The van der Waals surface area contributed by atoms with Crippen LogP contribution in [-0.2, 0) is 11.3 Å². The van der Waals surface area contributed by atoms with Gasteiger partial charge < -0.3 is 25.4 Å². The molecule has 0 aromatic carbocycles. The van der Waals surface area contributed by atoms with Crippen molar-refractivity contribution in [2.24, 2.45) is 5.41 Å². The van der Waals surface area contributed by atoms with Crippen LogP contribution in [0.3, 0.4) is 0 Å². The Morgan fingerprint density at radius 3 is 2.52 bits per heavy atom. The number of pyridine rings is 1. The number of likely N-dealkylation sites (tertiary alicyclic amines) is 2. The van der Waals surface area contributed by atoms with E-state index in [0.29, 0.717) is 49.2 Å². The fraction of sp³-hybridized carbons (Fsp3) is 0.536. The van der Waals surface area contributed by atoms with E-state index in [4.69, 9.17) is 10.5 Å². The molecular formula is C28H30F6N8O4. The van der Waals surface area contributed by atoms with Crippen molar-refractivity contribution in [3.8, 4) is 17.1 Å². The number of amides is 2. The van der Waals surface area contributed by atoms with Crippen molar-refractivity contribution in [1.29, 1.82) is 0 Å². The molecule has 1 saturated carbocycles. The maximum absolute atomic E-state index is 14.8. The molecule has 3 fully saturated rings. The van der Waals surface area contributed by atoms with Gasteiger partial charge in [-0.25, -0.2) is 32.4 Å². The van der Waals surface area contributed by atoms with Gasteiger partial charge in [-0.3, -0.25) is 9.69 Å². The number of aromatic nitrogens is 4. The van der Waals surface area contributed by atoms with Crippen LogP contribution in [0.1, 0.15) is 35.2 Å². The van der Waals surface area contributed by atoms with Crippen LogP contribution in [0, 0.1) is 5.41 Å². The second-order valence-corrected chi connectivity index (χ2v) is 11.8. The van der Waals surface area contributed by atoms with Gasteiger partial charge >= 0.3 is 12.3 Å². The van der Waals surface area contributed by atoms with E-state index in [9.17, 15) is 35.9 Å². The summed E-state index contributed by atoms with van der Waals surface area (Å²) in [5.41, 5.74) is 7.35. The Bertz CT molecular complexity index is 1660. The van der Waals surface area contributed by atoms with Crippen molar-refractivity contribution >= 4 is 23.3 Å². The molecule has 2 aliphatic heterocycles. The maximum atomic E-state index is 14.8. The summed E-state index contributed by atoms with van der Waals surface area (Å²) in [5.74, 6) is -3.32. The third-order valence-electron chi connectivity index (χ3n) is 8.85. The fourth-order valence-corrected chi connectivity index (χ4v) is 6.22. The number of anilines is 1. The third kappa shape index (κ3) is 5.96. The van der Waals surface area contributed by atoms with Gasteiger partial charge in [-0.15, -0.1) is 0 Å². The summed E-state index contributed by atoms with van der Waals surface area (Å²) < 4.78 is 90.8. The molecule has 2 saturated heterocycles. The van der Waals surface area contributed by atoms with Gasteiger partial charge in [-0.05, 0) is 43.6 Å². The number of ether oxygens (including phenoxy) is 2. The number of alkyl halides is 6. The highest BCUT2D eigenvalue weighted by molar-refractivity contribution is 5.98. The minimum absolute atomic E-state index is 0.0756. The maximum Gasteiger partial charge on any atom is 0.422 e. The van der Waals surface area contributed by atoms with Crippen molar-refractivity contribution < 1.29 is 45.4 Å². The van der Waals surface area contributed by atoms with Crippen LogP contribution in [0.25, 0.3) is 16.8 Å². The normalized spacial score (nSPS) is 22.3. The number of carbonyl (C=O) groups is 2. The Morgan fingerprint density at radius 2 is 1.87 bits per heavy atom. The molecule has 3 N–H and O–H groups in total. The average Bonchev–Trinajstić information content (AvgIpc) is 3.26. The first kappa shape index (κ1) is 31.6. The molecule has 12 nitrogen and oxygen atoms in total. The van der Waals surface area contributed by atoms with Gasteiger partial charge in [0, 0.05) is 36.7 Å². The Kier molecular flexibility index (Phi) is 7.88. The third-order valence-corrected chi connectivity index (χ3v) is 8.85. The number of nitrogen functional groups attached to an aromatic ring is 1. The lowest BCUT2D eigenvalue weighted by molar-refractivity contribution is -0.162. The molecule has 248 valence electrons. The van der Waals surface area contributed by atoms with Crippen LogP contribution < -0.4 is 15.8 Å². The summed E-state index contributed by atoms with van der Waals surface area (Å²) in [6.07, 6.45) is -4.49. The lowest BCUT2D eigenvalue weighted by atomic mass is 9.92. The predicted octanol–water partition coefficient (Wildman–Crippen LogP) is 3.45. The molecule has 0 unspecified atom stereocenters. The standard InChI is InChI=1S/C28H30F6N8O4/c1-45-24-17(23(43)39-19-11-41(10-18(19)29)25(44)46-13-28(32,33)34)6-15(8-36-24)20-7-16(21-22(35)37-14-38-42(20)21)9-40-4-2-26(3-5-40)12-27(26,30)31/h6-8,14,18-19H,2-5,9-13H2,1H3,(H,39,43)(H2,35,37,38)/t18-,19+/m0/s1. The number of hydrogen-bond acceptors (Lipinski definition) is 9. The Morgan fingerprint density at radius 1 is 1.15 bits per heavy atom. The Labute approximate surface area is 257 Å². The zero-order valence-electron chi connectivity index (χ0n) is 24.5. The molecule has 1 spiro atoms. The van der Waals surface area contributed by atoms with Crippen LogP contribution in [0.4, 0.5) is 37.0 Å². The molecule has 3 aliphatic rings. The molecule has 3 aromatic rings. The van der Waals surface area contributed by atoms with E-state index in [0.717, 1.165) is 10.5 Å². The molecule has 46 heavy (non-hydrogen) atoms. The van der Waals surface area contributed by atoms with E-state index in [1.54, 1.807) is 6.07 Å². The quantitative estimate of drug-likeness (QED) is 0.366. The molecule has 0 radical (unpaired) electrons. The molecule has 2 amide bonds. The van der Waals surface area contributed by atoms with Crippen molar-refractivity contribution in [3.05, 3.63) is 35.8 Å². The van der Waals surface area contributed by atoms with E-state index in [1.165, 1.54) is 30.2 Å². The smallest absolute Gasteiger partial charge is 0.422 e. The second-order valence-electron chi connectivity index (χ2n) is 11.8. The van der Waals surface area contributed by atoms with Gasteiger partial charge in [0.1, 0.15) is 23.6 Å². The van der Waals surface area contributed by atoms with Crippen molar-refractivity contribution in [1.82, 2.24) is 34.7 Å². The van der Waals surface area contributed by atoms with E-state index >= 15 is 0 Å². The van der Waals surface area contributed by atoms with E-state index in [2.05, 4.69) is 30.0 Å². The lowest BCUT2D eigenvalue weighted by Gasteiger charge is -2.32. The highest BCUT2D eigenvalue weighted by Crippen LogP contribution is 2.65. The number of methoxy groups -OCH3 is 1. The van der Waals surface area contributed by atoms with Crippen LogP contribution in [0.5, 0.6) is 5.88 Å². The van der Waals surface area contributed by atoms with Crippen molar-refractivity contribution in [2.75, 3.05) is 45.6 Å².